The van der Waals surface area contributed by atoms with Crippen LogP contribution in [0.4, 0.5) is 10.1 Å². The van der Waals surface area contributed by atoms with Crippen LogP contribution in [0.15, 0.2) is 47.5 Å². The number of hydrogen-bond donors (Lipinski definition) is 2. The summed E-state index contributed by atoms with van der Waals surface area (Å²) in [5.41, 5.74) is 7.63. The third-order valence-corrected chi connectivity index (χ3v) is 3.25. The molecule has 0 fully saturated rings. The molecule has 2 aromatic carbocycles. The highest BCUT2D eigenvalue weighted by molar-refractivity contribution is 5.92. The van der Waals surface area contributed by atoms with Crippen molar-refractivity contribution < 1.29 is 13.9 Å². The van der Waals surface area contributed by atoms with E-state index in [-0.39, 0.29) is 5.82 Å². The number of methoxy groups -OCH3 is 2. The number of nitrogens with zero attached hydrogens (tertiary/aromatic N) is 1. The monoisotopic (exact) mass is 317 g/mol. The fourth-order valence-electron chi connectivity index (χ4n) is 2.06. The van der Waals surface area contributed by atoms with Gasteiger partial charge in [0.05, 0.1) is 14.2 Å². The number of ether oxygens (including phenoxy) is 2. The van der Waals surface area contributed by atoms with Crippen LogP contribution < -0.4 is 20.5 Å². The smallest absolute Gasteiger partial charge is 0.193 e. The molecule has 0 radical (unpaired) electrons. The maximum atomic E-state index is 12.8. The van der Waals surface area contributed by atoms with E-state index in [4.69, 9.17) is 15.2 Å². The van der Waals surface area contributed by atoms with Gasteiger partial charge >= 0.3 is 0 Å². The van der Waals surface area contributed by atoms with Crippen molar-refractivity contribution in [3.05, 3.63) is 53.8 Å². The van der Waals surface area contributed by atoms with E-state index in [2.05, 4.69) is 10.3 Å². The predicted octanol–water partition coefficient (Wildman–Crippen LogP) is 2.81. The van der Waals surface area contributed by atoms with Crippen LogP contribution in [0, 0.1) is 5.82 Å². The fourth-order valence-corrected chi connectivity index (χ4v) is 2.06. The molecule has 5 nitrogen and oxygen atoms in total. The zero-order valence-corrected chi connectivity index (χ0v) is 13.2. The third-order valence-electron chi connectivity index (χ3n) is 3.25. The van der Waals surface area contributed by atoms with Gasteiger partial charge < -0.3 is 20.5 Å². The van der Waals surface area contributed by atoms with Crippen molar-refractivity contribution in [3.8, 4) is 11.5 Å². The third kappa shape index (κ3) is 4.88. The molecule has 0 aliphatic carbocycles. The molecular formula is C17H20FN3O2. The van der Waals surface area contributed by atoms with Crippen molar-refractivity contribution in [2.24, 2.45) is 10.7 Å². The van der Waals surface area contributed by atoms with Gasteiger partial charge in [0.1, 0.15) is 5.82 Å². The number of anilines is 1. The molecular weight excluding hydrogens is 297 g/mol. The van der Waals surface area contributed by atoms with E-state index in [9.17, 15) is 4.39 Å². The minimum Gasteiger partial charge on any atom is -0.493 e. The number of benzene rings is 2. The van der Waals surface area contributed by atoms with Crippen LogP contribution in [-0.4, -0.2) is 26.7 Å². The minimum absolute atomic E-state index is 0.244. The van der Waals surface area contributed by atoms with Gasteiger partial charge in [0, 0.05) is 18.3 Å². The highest BCUT2D eigenvalue weighted by Gasteiger charge is 2.05. The Morgan fingerprint density at radius 3 is 2.43 bits per heavy atom. The summed E-state index contributed by atoms with van der Waals surface area (Å²) in [6.45, 7) is 0.512. The lowest BCUT2D eigenvalue weighted by molar-refractivity contribution is 0.355. The Hall–Kier alpha value is -2.76. The Morgan fingerprint density at radius 1 is 1.09 bits per heavy atom. The number of hydrogen-bond acceptors (Lipinski definition) is 3. The topological polar surface area (TPSA) is 68.9 Å². The Labute approximate surface area is 134 Å². The van der Waals surface area contributed by atoms with Crippen LogP contribution in [0.1, 0.15) is 5.56 Å². The second kappa shape index (κ2) is 8.03. The van der Waals surface area contributed by atoms with Gasteiger partial charge in [-0.05, 0) is 36.2 Å². The van der Waals surface area contributed by atoms with Crippen molar-refractivity contribution in [2.45, 2.75) is 6.42 Å². The number of nitrogens with one attached hydrogen (secondary N) is 1. The number of nitrogens with two attached hydrogens (primary N) is 1. The number of halogens is 1. The summed E-state index contributed by atoms with van der Waals surface area (Å²) >= 11 is 0. The largest absolute Gasteiger partial charge is 0.493 e. The standard InChI is InChI=1S/C17H20FN3O2/c1-22-15-8-7-14(11-16(15)23-2)21-17(19)20-10-9-12-3-5-13(18)6-4-12/h3-8,11H,9-10H2,1-2H3,(H3,19,20,21). The Kier molecular flexibility index (Phi) is 5.80. The van der Waals surface area contributed by atoms with Gasteiger partial charge in [-0.2, -0.15) is 0 Å². The van der Waals surface area contributed by atoms with Gasteiger partial charge in [-0.15, -0.1) is 0 Å². The molecule has 0 spiro atoms. The molecule has 0 amide bonds. The number of guanidine groups is 1. The molecule has 0 saturated carbocycles. The Morgan fingerprint density at radius 2 is 1.78 bits per heavy atom. The van der Waals surface area contributed by atoms with Crippen molar-refractivity contribution >= 4 is 11.6 Å². The molecule has 122 valence electrons. The van der Waals surface area contributed by atoms with Crippen molar-refractivity contribution in [2.75, 3.05) is 26.1 Å². The summed E-state index contributed by atoms with van der Waals surface area (Å²) < 4.78 is 23.2. The maximum absolute atomic E-state index is 12.8. The summed E-state index contributed by atoms with van der Waals surface area (Å²) in [5.74, 6) is 1.31. The van der Waals surface area contributed by atoms with Crippen molar-refractivity contribution in [1.82, 2.24) is 0 Å². The summed E-state index contributed by atoms with van der Waals surface area (Å²) in [4.78, 5) is 4.25. The van der Waals surface area contributed by atoms with Crippen molar-refractivity contribution in [1.29, 1.82) is 0 Å². The zero-order chi connectivity index (χ0) is 16.7. The van der Waals surface area contributed by atoms with E-state index in [1.54, 1.807) is 38.5 Å². The van der Waals surface area contributed by atoms with E-state index < -0.39 is 0 Å². The lowest BCUT2D eigenvalue weighted by Crippen LogP contribution is -2.23. The van der Waals surface area contributed by atoms with Gasteiger partial charge in [-0.25, -0.2) is 4.39 Å². The molecule has 2 aromatic rings. The number of aliphatic imine (C=N–C) groups is 1. The van der Waals surface area contributed by atoms with Crippen LogP contribution in [0.25, 0.3) is 0 Å². The summed E-state index contributed by atoms with van der Waals surface area (Å²) in [6.07, 6.45) is 0.689. The number of rotatable bonds is 6. The van der Waals surface area contributed by atoms with E-state index in [1.807, 2.05) is 6.07 Å². The van der Waals surface area contributed by atoms with Crippen LogP contribution in [-0.2, 0) is 6.42 Å². The summed E-state index contributed by atoms with van der Waals surface area (Å²) in [6, 6.07) is 11.7. The molecule has 0 unspecified atom stereocenters. The van der Waals surface area contributed by atoms with E-state index in [0.717, 1.165) is 11.3 Å². The van der Waals surface area contributed by atoms with Crippen LogP contribution in [0.3, 0.4) is 0 Å². The van der Waals surface area contributed by atoms with E-state index in [0.29, 0.717) is 30.4 Å². The Bertz CT molecular complexity index is 672. The van der Waals surface area contributed by atoms with Gasteiger partial charge in [-0.1, -0.05) is 12.1 Å². The first-order valence-electron chi connectivity index (χ1n) is 7.16. The van der Waals surface area contributed by atoms with Gasteiger partial charge in [0.2, 0.25) is 0 Å². The highest BCUT2D eigenvalue weighted by Crippen LogP contribution is 2.29. The van der Waals surface area contributed by atoms with Gasteiger partial charge in [0.15, 0.2) is 17.5 Å². The molecule has 23 heavy (non-hydrogen) atoms. The Balaban J connectivity index is 1.92. The summed E-state index contributed by atoms with van der Waals surface area (Å²) in [5, 5.41) is 3.00. The first-order valence-corrected chi connectivity index (χ1v) is 7.16. The lowest BCUT2D eigenvalue weighted by Gasteiger charge is -2.11. The molecule has 0 aromatic heterocycles. The SMILES string of the molecule is COc1ccc(NC(N)=NCCc2ccc(F)cc2)cc1OC. The minimum atomic E-state index is -0.244. The van der Waals surface area contributed by atoms with Gasteiger partial charge in [-0.3, -0.25) is 4.99 Å². The molecule has 0 saturated heterocycles. The fraction of sp³-hybridized carbons (Fsp3) is 0.235. The maximum Gasteiger partial charge on any atom is 0.193 e. The van der Waals surface area contributed by atoms with Crippen molar-refractivity contribution in [3.63, 3.8) is 0 Å². The molecule has 0 heterocycles. The van der Waals surface area contributed by atoms with Crippen LogP contribution >= 0.6 is 0 Å². The van der Waals surface area contributed by atoms with E-state index in [1.165, 1.54) is 12.1 Å². The second-order valence-corrected chi connectivity index (χ2v) is 4.84. The van der Waals surface area contributed by atoms with Crippen LogP contribution in [0.5, 0.6) is 11.5 Å². The second-order valence-electron chi connectivity index (χ2n) is 4.84. The highest BCUT2D eigenvalue weighted by atomic mass is 19.1. The lowest BCUT2D eigenvalue weighted by atomic mass is 10.1. The average Bonchev–Trinajstić information content (AvgIpc) is 2.56. The quantitative estimate of drug-likeness (QED) is 0.635. The average molecular weight is 317 g/mol. The van der Waals surface area contributed by atoms with E-state index >= 15 is 0 Å². The molecule has 3 N–H and O–H groups in total. The molecule has 0 aliphatic heterocycles. The summed E-state index contributed by atoms with van der Waals surface area (Å²) in [7, 11) is 3.15. The predicted molar refractivity (Wildman–Crippen MR) is 89.8 cm³/mol. The molecule has 0 atom stereocenters. The molecule has 0 bridgehead atoms. The molecule has 6 heteroatoms. The van der Waals surface area contributed by atoms with Gasteiger partial charge in [0.25, 0.3) is 0 Å². The first-order chi connectivity index (χ1) is 11.1. The molecule has 2 rings (SSSR count). The van der Waals surface area contributed by atoms with Crippen LogP contribution in [0.2, 0.25) is 0 Å². The molecule has 0 aliphatic rings. The normalized spacial score (nSPS) is 11.2. The first kappa shape index (κ1) is 16.6. The zero-order valence-electron chi connectivity index (χ0n) is 13.2.